The van der Waals surface area contributed by atoms with Gasteiger partial charge in [-0.05, 0) is 37.5 Å². The lowest BCUT2D eigenvalue weighted by Gasteiger charge is -2.14. The van der Waals surface area contributed by atoms with Crippen LogP contribution in [-0.4, -0.2) is 29.9 Å². The van der Waals surface area contributed by atoms with Crippen molar-refractivity contribution in [3.05, 3.63) is 29.3 Å². The fourth-order valence-electron chi connectivity index (χ4n) is 2.02. The Morgan fingerprint density at radius 2 is 2.37 bits per heavy atom. The SMILES string of the molecule is Cc1ccc(C#N)cc1OCC1CCC(C(=O)O)O1. The van der Waals surface area contributed by atoms with Crippen molar-refractivity contribution in [1.29, 1.82) is 5.26 Å². The summed E-state index contributed by atoms with van der Waals surface area (Å²) in [6.07, 6.45) is 0.264. The fourth-order valence-corrected chi connectivity index (χ4v) is 2.02. The molecule has 0 radical (unpaired) electrons. The molecule has 1 heterocycles. The van der Waals surface area contributed by atoms with E-state index in [2.05, 4.69) is 6.07 Å². The molecule has 0 aromatic heterocycles. The molecule has 1 aromatic rings. The number of rotatable bonds is 4. The van der Waals surface area contributed by atoms with E-state index < -0.39 is 12.1 Å². The average Bonchev–Trinajstić information content (AvgIpc) is 2.87. The van der Waals surface area contributed by atoms with E-state index in [4.69, 9.17) is 19.8 Å². The molecule has 1 N–H and O–H groups in total. The number of carboxylic acid groups (broad SMARTS) is 1. The van der Waals surface area contributed by atoms with E-state index in [-0.39, 0.29) is 6.10 Å². The largest absolute Gasteiger partial charge is 0.491 e. The van der Waals surface area contributed by atoms with Crippen molar-refractivity contribution in [2.45, 2.75) is 32.0 Å². The first-order valence-corrected chi connectivity index (χ1v) is 6.12. The van der Waals surface area contributed by atoms with E-state index in [9.17, 15) is 4.79 Å². The monoisotopic (exact) mass is 261 g/mol. The minimum Gasteiger partial charge on any atom is -0.491 e. The molecule has 0 aliphatic carbocycles. The molecule has 100 valence electrons. The number of carbonyl (C=O) groups is 1. The highest BCUT2D eigenvalue weighted by atomic mass is 16.6. The highest BCUT2D eigenvalue weighted by Crippen LogP contribution is 2.23. The third-order valence-electron chi connectivity index (χ3n) is 3.12. The first kappa shape index (κ1) is 13.4. The molecule has 1 aliphatic rings. The van der Waals surface area contributed by atoms with Gasteiger partial charge in [0.1, 0.15) is 12.4 Å². The molecule has 0 amide bonds. The molecule has 2 rings (SSSR count). The number of nitriles is 1. The zero-order chi connectivity index (χ0) is 13.8. The molecule has 0 bridgehead atoms. The number of ether oxygens (including phenoxy) is 2. The van der Waals surface area contributed by atoms with E-state index in [1.54, 1.807) is 12.1 Å². The highest BCUT2D eigenvalue weighted by Gasteiger charge is 2.30. The minimum atomic E-state index is -0.926. The quantitative estimate of drug-likeness (QED) is 0.895. The topological polar surface area (TPSA) is 79.5 Å². The number of benzene rings is 1. The van der Waals surface area contributed by atoms with Crippen LogP contribution >= 0.6 is 0 Å². The van der Waals surface area contributed by atoms with Crippen molar-refractivity contribution in [3.8, 4) is 11.8 Å². The second-order valence-corrected chi connectivity index (χ2v) is 4.57. The van der Waals surface area contributed by atoms with E-state index in [0.29, 0.717) is 30.8 Å². The Hall–Kier alpha value is -2.06. The number of aryl methyl sites for hydroxylation is 1. The number of carboxylic acids is 1. The third-order valence-corrected chi connectivity index (χ3v) is 3.12. The lowest BCUT2D eigenvalue weighted by Crippen LogP contribution is -2.23. The van der Waals surface area contributed by atoms with Crippen LogP contribution in [0.15, 0.2) is 18.2 Å². The van der Waals surface area contributed by atoms with Gasteiger partial charge in [-0.1, -0.05) is 6.07 Å². The van der Waals surface area contributed by atoms with Crippen LogP contribution in [0.2, 0.25) is 0 Å². The summed E-state index contributed by atoms with van der Waals surface area (Å²) in [6, 6.07) is 7.29. The van der Waals surface area contributed by atoms with E-state index >= 15 is 0 Å². The summed E-state index contributed by atoms with van der Waals surface area (Å²) in [5.41, 5.74) is 1.48. The van der Waals surface area contributed by atoms with E-state index in [0.717, 1.165) is 5.56 Å². The first-order chi connectivity index (χ1) is 9.10. The molecule has 5 heteroatoms. The summed E-state index contributed by atoms with van der Waals surface area (Å²) >= 11 is 0. The molecule has 0 saturated carbocycles. The summed E-state index contributed by atoms with van der Waals surface area (Å²) in [6.45, 7) is 2.20. The number of hydrogen-bond acceptors (Lipinski definition) is 4. The number of aliphatic carboxylic acids is 1. The predicted octanol–water partition coefficient (Wildman–Crippen LogP) is 1.88. The molecule has 2 unspecified atom stereocenters. The predicted molar refractivity (Wildman–Crippen MR) is 66.9 cm³/mol. The second kappa shape index (κ2) is 5.72. The van der Waals surface area contributed by atoms with Crippen molar-refractivity contribution < 1.29 is 19.4 Å². The summed E-state index contributed by atoms with van der Waals surface area (Å²) in [5, 5.41) is 17.7. The van der Waals surface area contributed by atoms with Crippen LogP contribution in [0.1, 0.15) is 24.0 Å². The molecular formula is C14H15NO4. The van der Waals surface area contributed by atoms with Crippen molar-refractivity contribution in [1.82, 2.24) is 0 Å². The molecule has 1 saturated heterocycles. The van der Waals surface area contributed by atoms with Crippen LogP contribution in [0.5, 0.6) is 5.75 Å². The van der Waals surface area contributed by atoms with Gasteiger partial charge in [-0.3, -0.25) is 0 Å². The van der Waals surface area contributed by atoms with Crippen LogP contribution < -0.4 is 4.74 Å². The summed E-state index contributed by atoms with van der Waals surface area (Å²) < 4.78 is 11.0. The van der Waals surface area contributed by atoms with Gasteiger partial charge in [-0.2, -0.15) is 5.26 Å². The third kappa shape index (κ3) is 3.24. The Bertz CT molecular complexity index is 521. The molecule has 1 fully saturated rings. The summed E-state index contributed by atoms with van der Waals surface area (Å²) in [4.78, 5) is 10.8. The Morgan fingerprint density at radius 3 is 3.00 bits per heavy atom. The number of hydrogen-bond donors (Lipinski definition) is 1. The first-order valence-electron chi connectivity index (χ1n) is 6.12. The molecule has 0 spiro atoms. The van der Waals surface area contributed by atoms with Gasteiger partial charge in [0.25, 0.3) is 0 Å². The molecule has 5 nitrogen and oxygen atoms in total. The van der Waals surface area contributed by atoms with Gasteiger partial charge in [0, 0.05) is 0 Å². The summed E-state index contributed by atoms with van der Waals surface area (Å²) in [7, 11) is 0. The maximum atomic E-state index is 10.8. The Kier molecular flexibility index (Phi) is 4.03. The average molecular weight is 261 g/mol. The van der Waals surface area contributed by atoms with Gasteiger partial charge in [-0.15, -0.1) is 0 Å². The zero-order valence-electron chi connectivity index (χ0n) is 10.6. The standard InChI is InChI=1S/C14H15NO4/c1-9-2-3-10(7-15)6-13(9)18-8-11-4-5-12(19-11)14(16)17/h2-3,6,11-12H,4-5,8H2,1H3,(H,16,17). The molecule has 1 aromatic carbocycles. The van der Waals surface area contributed by atoms with Gasteiger partial charge < -0.3 is 14.6 Å². The summed E-state index contributed by atoms with van der Waals surface area (Å²) in [5.74, 6) is -0.286. The lowest BCUT2D eigenvalue weighted by molar-refractivity contribution is -0.149. The van der Waals surface area contributed by atoms with Gasteiger partial charge in [0.2, 0.25) is 0 Å². The van der Waals surface area contributed by atoms with Crippen molar-refractivity contribution in [2.75, 3.05) is 6.61 Å². The van der Waals surface area contributed by atoms with E-state index in [1.165, 1.54) is 0 Å². The molecule has 19 heavy (non-hydrogen) atoms. The van der Waals surface area contributed by atoms with Crippen LogP contribution in [-0.2, 0) is 9.53 Å². The van der Waals surface area contributed by atoms with Crippen molar-refractivity contribution >= 4 is 5.97 Å². The molecular weight excluding hydrogens is 246 g/mol. The lowest BCUT2D eigenvalue weighted by atomic mass is 10.1. The Morgan fingerprint density at radius 1 is 1.58 bits per heavy atom. The fraction of sp³-hybridized carbons (Fsp3) is 0.429. The number of nitrogens with zero attached hydrogens (tertiary/aromatic N) is 1. The van der Waals surface area contributed by atoms with Crippen LogP contribution in [0, 0.1) is 18.3 Å². The highest BCUT2D eigenvalue weighted by molar-refractivity contribution is 5.72. The van der Waals surface area contributed by atoms with Gasteiger partial charge in [0.05, 0.1) is 17.7 Å². The van der Waals surface area contributed by atoms with Crippen LogP contribution in [0.3, 0.4) is 0 Å². The van der Waals surface area contributed by atoms with Crippen LogP contribution in [0.25, 0.3) is 0 Å². The maximum Gasteiger partial charge on any atom is 0.332 e. The smallest absolute Gasteiger partial charge is 0.332 e. The van der Waals surface area contributed by atoms with Gasteiger partial charge >= 0.3 is 5.97 Å². The van der Waals surface area contributed by atoms with E-state index in [1.807, 2.05) is 13.0 Å². The second-order valence-electron chi connectivity index (χ2n) is 4.57. The van der Waals surface area contributed by atoms with Gasteiger partial charge in [-0.25, -0.2) is 4.79 Å². The Balaban J connectivity index is 1.93. The van der Waals surface area contributed by atoms with Crippen molar-refractivity contribution in [2.24, 2.45) is 0 Å². The normalized spacial score (nSPS) is 21.9. The molecule has 2 atom stereocenters. The maximum absolute atomic E-state index is 10.8. The minimum absolute atomic E-state index is 0.203. The Labute approximate surface area is 111 Å². The van der Waals surface area contributed by atoms with Crippen LogP contribution in [0.4, 0.5) is 0 Å². The molecule has 1 aliphatic heterocycles. The van der Waals surface area contributed by atoms with Crippen molar-refractivity contribution in [3.63, 3.8) is 0 Å². The van der Waals surface area contributed by atoms with Gasteiger partial charge in [0.15, 0.2) is 6.10 Å². The zero-order valence-corrected chi connectivity index (χ0v) is 10.6.